The number of carboxylic acid groups (broad SMARTS) is 1. The number of amides is 1. The molecule has 116 valence electrons. The molecule has 0 saturated carbocycles. The van der Waals surface area contributed by atoms with Crippen molar-refractivity contribution in [1.29, 1.82) is 0 Å². The summed E-state index contributed by atoms with van der Waals surface area (Å²) in [5.41, 5.74) is 0. The first-order valence-corrected chi connectivity index (χ1v) is 8.59. The Morgan fingerprint density at radius 1 is 1.35 bits per heavy atom. The van der Waals surface area contributed by atoms with E-state index in [4.69, 9.17) is 5.11 Å². The highest BCUT2D eigenvalue weighted by Gasteiger charge is 2.36. The molecule has 1 amide bonds. The first-order valence-electron chi connectivity index (χ1n) is 6.74. The van der Waals surface area contributed by atoms with E-state index in [2.05, 4.69) is 0 Å². The van der Waals surface area contributed by atoms with Crippen LogP contribution in [0, 0.1) is 0 Å². The van der Waals surface area contributed by atoms with Gasteiger partial charge in [0.1, 0.15) is 12.6 Å². The first-order chi connectivity index (χ1) is 9.27. The number of sulfonamides is 1. The van der Waals surface area contributed by atoms with Crippen molar-refractivity contribution < 1.29 is 23.1 Å². The molecule has 20 heavy (non-hydrogen) atoms. The van der Waals surface area contributed by atoms with E-state index in [9.17, 15) is 18.0 Å². The topological polar surface area (TPSA) is 95.0 Å². The molecule has 0 aromatic heterocycles. The average molecular weight is 306 g/mol. The van der Waals surface area contributed by atoms with E-state index in [-0.39, 0.29) is 6.54 Å². The lowest BCUT2D eigenvalue weighted by molar-refractivity contribution is -0.146. The monoisotopic (exact) mass is 306 g/mol. The summed E-state index contributed by atoms with van der Waals surface area (Å²) in [5.74, 6) is -1.49. The second kappa shape index (κ2) is 7.03. The van der Waals surface area contributed by atoms with Crippen LogP contribution in [-0.4, -0.2) is 66.5 Å². The lowest BCUT2D eigenvalue weighted by Crippen LogP contribution is -2.53. The molecule has 1 fully saturated rings. The van der Waals surface area contributed by atoms with Gasteiger partial charge in [-0.2, -0.15) is 4.31 Å². The fraction of sp³-hybridized carbons (Fsp3) is 0.833. The van der Waals surface area contributed by atoms with E-state index in [1.807, 2.05) is 6.92 Å². The number of carbonyl (C=O) groups is 2. The van der Waals surface area contributed by atoms with Crippen molar-refractivity contribution in [2.24, 2.45) is 0 Å². The molecule has 1 N–H and O–H groups in total. The van der Waals surface area contributed by atoms with E-state index in [0.29, 0.717) is 25.9 Å². The summed E-state index contributed by atoms with van der Waals surface area (Å²) in [6.45, 7) is 2.10. The van der Waals surface area contributed by atoms with Gasteiger partial charge in [-0.25, -0.2) is 8.42 Å². The minimum atomic E-state index is -3.46. The molecule has 8 heteroatoms. The highest BCUT2D eigenvalue weighted by molar-refractivity contribution is 7.88. The Hall–Kier alpha value is -1.15. The Morgan fingerprint density at radius 3 is 2.50 bits per heavy atom. The minimum absolute atomic E-state index is 0.319. The van der Waals surface area contributed by atoms with E-state index in [1.165, 1.54) is 9.21 Å². The molecule has 0 aliphatic carbocycles. The normalized spacial score (nSPS) is 20.6. The predicted octanol–water partition coefficient (Wildman–Crippen LogP) is 0.124. The van der Waals surface area contributed by atoms with Crippen molar-refractivity contribution in [2.45, 2.75) is 38.6 Å². The minimum Gasteiger partial charge on any atom is -0.480 e. The second-order valence-electron chi connectivity index (χ2n) is 5.04. The molecule has 0 spiro atoms. The maximum Gasteiger partial charge on any atom is 0.323 e. The summed E-state index contributed by atoms with van der Waals surface area (Å²) in [6.07, 6.45) is 3.66. The zero-order valence-electron chi connectivity index (χ0n) is 11.9. The van der Waals surface area contributed by atoms with Gasteiger partial charge >= 0.3 is 5.97 Å². The lowest BCUT2D eigenvalue weighted by atomic mass is 10.0. The molecular weight excluding hydrogens is 284 g/mol. The van der Waals surface area contributed by atoms with Crippen LogP contribution in [0.1, 0.15) is 32.6 Å². The van der Waals surface area contributed by atoms with Crippen molar-refractivity contribution >= 4 is 21.9 Å². The number of hydrogen-bond donors (Lipinski definition) is 1. The number of nitrogens with zero attached hydrogens (tertiary/aromatic N) is 2. The zero-order valence-corrected chi connectivity index (χ0v) is 12.7. The Bertz CT molecular complexity index is 462. The Labute approximate surface area is 119 Å². The van der Waals surface area contributed by atoms with Gasteiger partial charge in [0.2, 0.25) is 15.9 Å². The van der Waals surface area contributed by atoms with Gasteiger partial charge in [-0.15, -0.1) is 0 Å². The Kier molecular flexibility index (Phi) is 5.94. The van der Waals surface area contributed by atoms with Crippen LogP contribution in [0.15, 0.2) is 0 Å². The molecular formula is C12H22N2O5S. The molecule has 7 nitrogen and oxygen atoms in total. The zero-order chi connectivity index (χ0) is 15.3. The average Bonchev–Trinajstić information content (AvgIpc) is 2.36. The standard InChI is InChI=1S/C12H22N2O5S/c1-3-7-13(9-11(15)16)12(17)10-6-4-5-8-14(10)20(2,18)19/h10H,3-9H2,1-2H3,(H,15,16). The van der Waals surface area contributed by atoms with Gasteiger partial charge < -0.3 is 10.0 Å². The SMILES string of the molecule is CCCN(CC(=O)O)C(=O)C1CCCCN1S(C)(=O)=O. The van der Waals surface area contributed by atoms with Crippen LogP contribution >= 0.6 is 0 Å². The molecule has 1 heterocycles. The van der Waals surface area contributed by atoms with Crippen LogP contribution < -0.4 is 0 Å². The lowest BCUT2D eigenvalue weighted by Gasteiger charge is -2.35. The van der Waals surface area contributed by atoms with Gasteiger partial charge in [-0.1, -0.05) is 13.3 Å². The second-order valence-corrected chi connectivity index (χ2v) is 6.97. The van der Waals surface area contributed by atoms with Crippen LogP contribution in [0.3, 0.4) is 0 Å². The van der Waals surface area contributed by atoms with E-state index >= 15 is 0 Å². The highest BCUT2D eigenvalue weighted by atomic mass is 32.2. The van der Waals surface area contributed by atoms with Crippen LogP contribution in [0.4, 0.5) is 0 Å². The third-order valence-electron chi connectivity index (χ3n) is 3.30. The highest BCUT2D eigenvalue weighted by Crippen LogP contribution is 2.21. The van der Waals surface area contributed by atoms with Crippen LogP contribution in [0.5, 0.6) is 0 Å². The summed E-state index contributed by atoms with van der Waals surface area (Å²) in [6, 6.07) is -0.760. The van der Waals surface area contributed by atoms with Crippen LogP contribution in [0.2, 0.25) is 0 Å². The molecule has 0 bridgehead atoms. The molecule has 0 aromatic carbocycles. The van der Waals surface area contributed by atoms with Crippen LogP contribution in [0.25, 0.3) is 0 Å². The number of carbonyl (C=O) groups excluding carboxylic acids is 1. The number of piperidine rings is 1. The quantitative estimate of drug-likeness (QED) is 0.752. The molecule has 1 unspecified atom stereocenters. The maximum atomic E-state index is 12.4. The van der Waals surface area contributed by atoms with Crippen LogP contribution in [-0.2, 0) is 19.6 Å². The summed E-state index contributed by atoms with van der Waals surface area (Å²) < 4.78 is 24.7. The van der Waals surface area contributed by atoms with Gasteiger partial charge in [0, 0.05) is 13.1 Å². The molecule has 0 aromatic rings. The Balaban J connectivity index is 2.92. The molecule has 1 aliphatic rings. The van der Waals surface area contributed by atoms with Gasteiger partial charge in [0.05, 0.1) is 6.26 Å². The largest absolute Gasteiger partial charge is 0.480 e. The predicted molar refractivity (Wildman–Crippen MR) is 73.7 cm³/mol. The van der Waals surface area contributed by atoms with E-state index in [1.54, 1.807) is 0 Å². The molecule has 1 aliphatic heterocycles. The van der Waals surface area contributed by atoms with Crippen molar-refractivity contribution in [3.8, 4) is 0 Å². The van der Waals surface area contributed by atoms with Gasteiger partial charge in [-0.3, -0.25) is 9.59 Å². The molecule has 0 radical (unpaired) electrons. The third-order valence-corrected chi connectivity index (χ3v) is 4.59. The fourth-order valence-corrected chi connectivity index (χ4v) is 3.58. The number of carboxylic acids is 1. The summed E-state index contributed by atoms with van der Waals surface area (Å²) >= 11 is 0. The Morgan fingerprint density at radius 2 is 2.00 bits per heavy atom. The summed E-state index contributed by atoms with van der Waals surface area (Å²) in [7, 11) is -3.46. The van der Waals surface area contributed by atoms with Gasteiger partial charge in [0.15, 0.2) is 0 Å². The maximum absolute atomic E-state index is 12.4. The van der Waals surface area contributed by atoms with E-state index in [0.717, 1.165) is 19.1 Å². The van der Waals surface area contributed by atoms with Crippen molar-refractivity contribution in [3.05, 3.63) is 0 Å². The van der Waals surface area contributed by atoms with E-state index < -0.39 is 27.9 Å². The fourth-order valence-electron chi connectivity index (χ4n) is 2.46. The van der Waals surface area contributed by atoms with Crippen molar-refractivity contribution in [1.82, 2.24) is 9.21 Å². The van der Waals surface area contributed by atoms with Gasteiger partial charge in [-0.05, 0) is 19.3 Å². The number of hydrogen-bond acceptors (Lipinski definition) is 4. The van der Waals surface area contributed by atoms with Crippen molar-refractivity contribution in [3.63, 3.8) is 0 Å². The number of rotatable bonds is 6. The summed E-state index contributed by atoms with van der Waals surface area (Å²) in [5, 5.41) is 8.86. The van der Waals surface area contributed by atoms with Gasteiger partial charge in [0.25, 0.3) is 0 Å². The molecule has 1 atom stereocenters. The summed E-state index contributed by atoms with van der Waals surface area (Å²) in [4.78, 5) is 24.5. The molecule has 1 rings (SSSR count). The number of aliphatic carboxylic acids is 1. The first kappa shape index (κ1) is 16.9. The smallest absolute Gasteiger partial charge is 0.323 e. The van der Waals surface area contributed by atoms with Crippen molar-refractivity contribution in [2.75, 3.05) is 25.9 Å². The third kappa shape index (κ3) is 4.45. The molecule has 1 saturated heterocycles.